The van der Waals surface area contributed by atoms with Gasteiger partial charge >= 0.3 is 0 Å². The summed E-state index contributed by atoms with van der Waals surface area (Å²) in [4.78, 5) is 11.9. The molecule has 21 heavy (non-hydrogen) atoms. The number of hydrogen-bond donors (Lipinski definition) is 1. The fourth-order valence-electron chi connectivity index (χ4n) is 1.89. The minimum Gasteiger partial charge on any atom is -0.484 e. The van der Waals surface area contributed by atoms with Gasteiger partial charge in [-0.2, -0.15) is 0 Å². The van der Waals surface area contributed by atoms with Crippen LogP contribution < -0.4 is 10.1 Å². The quantitative estimate of drug-likeness (QED) is 0.887. The van der Waals surface area contributed by atoms with Gasteiger partial charge in [0.25, 0.3) is 5.91 Å². The summed E-state index contributed by atoms with van der Waals surface area (Å²) in [5, 5.41) is 2.80. The van der Waals surface area contributed by atoms with Crippen molar-refractivity contribution in [2.24, 2.45) is 0 Å². The summed E-state index contributed by atoms with van der Waals surface area (Å²) in [5.74, 6) is 0.494. The number of ether oxygens (including phenoxy) is 2. The van der Waals surface area contributed by atoms with E-state index in [-0.39, 0.29) is 12.5 Å². The van der Waals surface area contributed by atoms with Crippen LogP contribution in [0.4, 0.5) is 5.69 Å². The Morgan fingerprint density at radius 3 is 2.62 bits per heavy atom. The Hall–Kier alpha value is -2.33. The molecule has 0 fully saturated rings. The molecule has 0 aliphatic carbocycles. The number of aryl methyl sites for hydroxylation is 1. The van der Waals surface area contributed by atoms with Crippen LogP contribution in [0.15, 0.2) is 48.5 Å². The molecule has 2 rings (SSSR count). The smallest absolute Gasteiger partial charge is 0.262 e. The van der Waals surface area contributed by atoms with Gasteiger partial charge in [0.05, 0.1) is 6.61 Å². The summed E-state index contributed by atoms with van der Waals surface area (Å²) >= 11 is 0. The van der Waals surface area contributed by atoms with E-state index in [0.29, 0.717) is 12.4 Å². The highest BCUT2D eigenvalue weighted by Gasteiger charge is 2.04. The summed E-state index contributed by atoms with van der Waals surface area (Å²) < 4.78 is 10.5. The van der Waals surface area contributed by atoms with E-state index in [0.717, 1.165) is 16.8 Å². The molecule has 0 radical (unpaired) electrons. The van der Waals surface area contributed by atoms with Crippen LogP contribution in [0, 0.1) is 6.92 Å². The predicted octanol–water partition coefficient (Wildman–Crippen LogP) is 3.16. The SMILES string of the molecule is COCc1cccc(NC(=O)COc2ccc(C)cc2)c1. The van der Waals surface area contributed by atoms with Gasteiger partial charge in [-0.05, 0) is 36.8 Å². The minimum atomic E-state index is -0.190. The lowest BCUT2D eigenvalue weighted by atomic mass is 10.2. The number of carbonyl (C=O) groups is 1. The van der Waals surface area contributed by atoms with Crippen LogP contribution in [0.3, 0.4) is 0 Å². The lowest BCUT2D eigenvalue weighted by molar-refractivity contribution is -0.118. The number of anilines is 1. The first-order valence-corrected chi connectivity index (χ1v) is 6.74. The minimum absolute atomic E-state index is 0.0163. The normalized spacial score (nSPS) is 10.2. The van der Waals surface area contributed by atoms with E-state index in [1.807, 2.05) is 55.5 Å². The van der Waals surface area contributed by atoms with Crippen LogP contribution in [0.25, 0.3) is 0 Å². The number of methoxy groups -OCH3 is 1. The second-order valence-corrected chi connectivity index (χ2v) is 4.78. The Kier molecular flexibility index (Phi) is 5.35. The van der Waals surface area contributed by atoms with Crippen LogP contribution >= 0.6 is 0 Å². The standard InChI is InChI=1S/C17H19NO3/c1-13-6-8-16(9-7-13)21-12-17(19)18-15-5-3-4-14(10-15)11-20-2/h3-10H,11-12H2,1-2H3,(H,18,19). The Labute approximate surface area is 124 Å². The molecule has 0 heterocycles. The van der Waals surface area contributed by atoms with E-state index in [2.05, 4.69) is 5.32 Å². The molecular weight excluding hydrogens is 266 g/mol. The van der Waals surface area contributed by atoms with Gasteiger partial charge in [0.2, 0.25) is 0 Å². The highest BCUT2D eigenvalue weighted by molar-refractivity contribution is 5.91. The molecular formula is C17H19NO3. The van der Waals surface area contributed by atoms with E-state index in [1.165, 1.54) is 0 Å². The monoisotopic (exact) mass is 285 g/mol. The molecule has 1 amide bonds. The zero-order chi connectivity index (χ0) is 15.1. The second-order valence-electron chi connectivity index (χ2n) is 4.78. The molecule has 2 aromatic rings. The Balaban J connectivity index is 1.86. The lowest BCUT2D eigenvalue weighted by Gasteiger charge is -2.09. The average Bonchev–Trinajstić information content (AvgIpc) is 2.47. The van der Waals surface area contributed by atoms with Crippen molar-refractivity contribution in [3.8, 4) is 5.75 Å². The first-order chi connectivity index (χ1) is 10.2. The van der Waals surface area contributed by atoms with Crippen molar-refractivity contribution in [1.82, 2.24) is 0 Å². The van der Waals surface area contributed by atoms with Gasteiger partial charge in [0, 0.05) is 12.8 Å². The summed E-state index contributed by atoms with van der Waals surface area (Å²) in [5.41, 5.74) is 2.90. The van der Waals surface area contributed by atoms with Crippen molar-refractivity contribution in [3.63, 3.8) is 0 Å². The topological polar surface area (TPSA) is 47.6 Å². The van der Waals surface area contributed by atoms with Crippen LogP contribution in [-0.4, -0.2) is 19.6 Å². The highest BCUT2D eigenvalue weighted by Crippen LogP contribution is 2.13. The molecule has 4 heteroatoms. The first-order valence-electron chi connectivity index (χ1n) is 6.74. The molecule has 0 saturated carbocycles. The third kappa shape index (κ3) is 4.93. The molecule has 0 aliphatic heterocycles. The van der Waals surface area contributed by atoms with Gasteiger partial charge in [-0.25, -0.2) is 0 Å². The zero-order valence-corrected chi connectivity index (χ0v) is 12.3. The Bertz CT molecular complexity index is 593. The number of amides is 1. The summed E-state index contributed by atoms with van der Waals surface area (Å²) in [6, 6.07) is 15.1. The maximum atomic E-state index is 11.9. The summed E-state index contributed by atoms with van der Waals surface area (Å²) in [7, 11) is 1.64. The van der Waals surface area contributed by atoms with Crippen LogP contribution in [0.5, 0.6) is 5.75 Å². The third-order valence-corrected chi connectivity index (χ3v) is 2.91. The number of nitrogens with one attached hydrogen (secondary N) is 1. The van der Waals surface area contributed by atoms with E-state index in [4.69, 9.17) is 9.47 Å². The summed E-state index contributed by atoms with van der Waals surface area (Å²) in [6.45, 7) is 2.50. The number of carbonyl (C=O) groups excluding carboxylic acids is 1. The van der Waals surface area contributed by atoms with Gasteiger partial charge in [-0.15, -0.1) is 0 Å². The largest absolute Gasteiger partial charge is 0.484 e. The molecule has 1 N–H and O–H groups in total. The molecule has 0 aromatic heterocycles. The van der Waals surface area contributed by atoms with Crippen molar-refractivity contribution in [2.45, 2.75) is 13.5 Å². The molecule has 4 nitrogen and oxygen atoms in total. The lowest BCUT2D eigenvalue weighted by Crippen LogP contribution is -2.20. The van der Waals surface area contributed by atoms with Gasteiger partial charge in [-0.3, -0.25) is 4.79 Å². The molecule has 0 bridgehead atoms. The van der Waals surface area contributed by atoms with E-state index in [9.17, 15) is 4.79 Å². The third-order valence-electron chi connectivity index (χ3n) is 2.91. The second kappa shape index (κ2) is 7.45. The molecule has 2 aromatic carbocycles. The van der Waals surface area contributed by atoms with Crippen molar-refractivity contribution in [3.05, 3.63) is 59.7 Å². The fraction of sp³-hybridized carbons (Fsp3) is 0.235. The van der Waals surface area contributed by atoms with Gasteiger partial charge in [-0.1, -0.05) is 29.8 Å². The van der Waals surface area contributed by atoms with Crippen LogP contribution in [0.1, 0.15) is 11.1 Å². The van der Waals surface area contributed by atoms with E-state index < -0.39 is 0 Å². The maximum Gasteiger partial charge on any atom is 0.262 e. The van der Waals surface area contributed by atoms with Gasteiger partial charge in [0.15, 0.2) is 6.61 Å². The van der Waals surface area contributed by atoms with Crippen molar-refractivity contribution >= 4 is 11.6 Å². The van der Waals surface area contributed by atoms with Crippen LogP contribution in [-0.2, 0) is 16.1 Å². The fourth-order valence-corrected chi connectivity index (χ4v) is 1.89. The molecule has 0 saturated heterocycles. The Morgan fingerprint density at radius 2 is 1.90 bits per heavy atom. The summed E-state index contributed by atoms with van der Waals surface area (Å²) in [6.07, 6.45) is 0. The average molecular weight is 285 g/mol. The molecule has 0 aliphatic rings. The Morgan fingerprint density at radius 1 is 1.14 bits per heavy atom. The molecule has 0 spiro atoms. The van der Waals surface area contributed by atoms with Gasteiger partial charge in [0.1, 0.15) is 5.75 Å². The van der Waals surface area contributed by atoms with Crippen molar-refractivity contribution < 1.29 is 14.3 Å². The number of rotatable bonds is 6. The molecule has 0 atom stereocenters. The van der Waals surface area contributed by atoms with E-state index in [1.54, 1.807) is 7.11 Å². The van der Waals surface area contributed by atoms with Gasteiger partial charge < -0.3 is 14.8 Å². The molecule has 110 valence electrons. The first kappa shape index (κ1) is 15.1. The van der Waals surface area contributed by atoms with Crippen LogP contribution in [0.2, 0.25) is 0 Å². The predicted molar refractivity (Wildman–Crippen MR) is 82.5 cm³/mol. The number of hydrogen-bond acceptors (Lipinski definition) is 3. The highest BCUT2D eigenvalue weighted by atomic mass is 16.5. The zero-order valence-electron chi connectivity index (χ0n) is 12.3. The van der Waals surface area contributed by atoms with E-state index >= 15 is 0 Å². The van der Waals surface area contributed by atoms with Crippen molar-refractivity contribution in [2.75, 3.05) is 19.0 Å². The van der Waals surface area contributed by atoms with Crippen molar-refractivity contribution in [1.29, 1.82) is 0 Å². The molecule has 0 unspecified atom stereocenters. The maximum absolute atomic E-state index is 11.9. The number of benzene rings is 2.